The van der Waals surface area contributed by atoms with Crippen LogP contribution in [0.3, 0.4) is 0 Å². The first-order valence-electron chi connectivity index (χ1n) is 5.61. The molecule has 1 aromatic rings. The number of halogens is 1. The number of thioether (sulfide) groups is 1. The fourth-order valence-electron chi connectivity index (χ4n) is 1.25. The molecule has 1 atom stereocenters. The first kappa shape index (κ1) is 16.0. The van der Waals surface area contributed by atoms with Gasteiger partial charge in [-0.1, -0.05) is 12.1 Å². The van der Waals surface area contributed by atoms with Gasteiger partial charge in [0.15, 0.2) is 0 Å². The molecular formula is C12H15BrN2O3S. The van der Waals surface area contributed by atoms with Crippen molar-refractivity contribution in [2.75, 3.05) is 16.8 Å². The molecule has 0 bridgehead atoms. The maximum absolute atomic E-state index is 11.6. The highest BCUT2D eigenvalue weighted by Crippen LogP contribution is 2.21. The number of anilines is 1. The number of para-hydroxylation sites is 1. The van der Waals surface area contributed by atoms with Gasteiger partial charge in [-0.3, -0.25) is 9.59 Å². The van der Waals surface area contributed by atoms with Crippen molar-refractivity contribution in [3.63, 3.8) is 0 Å². The molecule has 0 aliphatic rings. The molecule has 0 aromatic heterocycles. The smallest absolute Gasteiger partial charge is 0.320 e. The van der Waals surface area contributed by atoms with Crippen LogP contribution in [0.4, 0.5) is 5.69 Å². The van der Waals surface area contributed by atoms with E-state index in [1.54, 1.807) is 6.07 Å². The van der Waals surface area contributed by atoms with Crippen molar-refractivity contribution >= 4 is 45.3 Å². The standard InChI is InChI=1S/C12H15BrN2O3S/c13-8-3-1-2-4-10(8)15-11(16)7-19-6-5-9(14)12(17)18/h1-4,9H,5-7,14H2,(H,15,16)(H,17,18). The van der Waals surface area contributed by atoms with Gasteiger partial charge >= 0.3 is 5.97 Å². The van der Waals surface area contributed by atoms with E-state index in [2.05, 4.69) is 21.2 Å². The molecule has 1 unspecified atom stereocenters. The molecule has 4 N–H and O–H groups in total. The number of hydrogen-bond acceptors (Lipinski definition) is 4. The normalized spacial score (nSPS) is 11.9. The summed E-state index contributed by atoms with van der Waals surface area (Å²) in [6, 6.07) is 6.47. The van der Waals surface area contributed by atoms with Gasteiger partial charge in [0, 0.05) is 4.47 Å². The Hall–Kier alpha value is -1.05. The Labute approximate surface area is 124 Å². The Bertz CT molecular complexity index is 456. The lowest BCUT2D eigenvalue weighted by Gasteiger charge is -2.08. The summed E-state index contributed by atoms with van der Waals surface area (Å²) in [4.78, 5) is 22.1. The Morgan fingerprint density at radius 3 is 2.74 bits per heavy atom. The molecule has 19 heavy (non-hydrogen) atoms. The maximum atomic E-state index is 11.6. The Morgan fingerprint density at radius 1 is 1.42 bits per heavy atom. The molecule has 0 radical (unpaired) electrons. The minimum atomic E-state index is -1.02. The van der Waals surface area contributed by atoms with Crippen molar-refractivity contribution in [3.05, 3.63) is 28.7 Å². The molecule has 7 heteroatoms. The van der Waals surface area contributed by atoms with Crippen LogP contribution in [-0.4, -0.2) is 34.5 Å². The molecule has 0 heterocycles. The molecular weight excluding hydrogens is 332 g/mol. The summed E-state index contributed by atoms with van der Waals surface area (Å²) in [5, 5.41) is 11.4. The zero-order valence-corrected chi connectivity index (χ0v) is 12.5. The predicted molar refractivity (Wildman–Crippen MR) is 80.3 cm³/mol. The summed E-state index contributed by atoms with van der Waals surface area (Å²) in [6.45, 7) is 0. The number of benzene rings is 1. The van der Waals surface area contributed by atoms with E-state index in [0.29, 0.717) is 12.2 Å². The van der Waals surface area contributed by atoms with Crippen molar-refractivity contribution in [1.29, 1.82) is 0 Å². The van der Waals surface area contributed by atoms with E-state index in [4.69, 9.17) is 10.8 Å². The third-order valence-electron chi connectivity index (χ3n) is 2.27. The van der Waals surface area contributed by atoms with Crippen molar-refractivity contribution in [2.45, 2.75) is 12.5 Å². The van der Waals surface area contributed by atoms with Gasteiger partial charge in [0.25, 0.3) is 0 Å². The van der Waals surface area contributed by atoms with E-state index in [-0.39, 0.29) is 11.7 Å². The summed E-state index contributed by atoms with van der Waals surface area (Å²) in [6.07, 6.45) is 0.350. The lowest BCUT2D eigenvalue weighted by molar-refractivity contribution is -0.138. The molecule has 104 valence electrons. The second-order valence-electron chi connectivity index (χ2n) is 3.81. The second-order valence-corrected chi connectivity index (χ2v) is 5.77. The maximum Gasteiger partial charge on any atom is 0.320 e. The first-order valence-corrected chi connectivity index (χ1v) is 7.56. The van der Waals surface area contributed by atoms with Gasteiger partial charge < -0.3 is 16.2 Å². The molecule has 0 saturated heterocycles. The van der Waals surface area contributed by atoms with Gasteiger partial charge in [-0.25, -0.2) is 0 Å². The van der Waals surface area contributed by atoms with Crippen LogP contribution in [0.15, 0.2) is 28.7 Å². The average molecular weight is 347 g/mol. The van der Waals surface area contributed by atoms with Crippen molar-refractivity contribution in [3.8, 4) is 0 Å². The van der Waals surface area contributed by atoms with E-state index in [1.165, 1.54) is 11.8 Å². The average Bonchev–Trinajstić information content (AvgIpc) is 2.37. The summed E-state index contributed by atoms with van der Waals surface area (Å²) >= 11 is 4.70. The number of amides is 1. The Morgan fingerprint density at radius 2 is 2.11 bits per heavy atom. The zero-order valence-electron chi connectivity index (χ0n) is 10.1. The van der Waals surface area contributed by atoms with Crippen LogP contribution in [0, 0.1) is 0 Å². The lowest BCUT2D eigenvalue weighted by atomic mass is 10.2. The number of rotatable bonds is 7. The summed E-state index contributed by atoms with van der Waals surface area (Å²) in [7, 11) is 0. The van der Waals surface area contributed by atoms with E-state index in [0.717, 1.165) is 10.2 Å². The molecule has 1 amide bonds. The number of carbonyl (C=O) groups is 2. The Kier molecular flexibility index (Phi) is 6.90. The molecule has 0 saturated carbocycles. The zero-order chi connectivity index (χ0) is 14.3. The monoisotopic (exact) mass is 346 g/mol. The number of carboxylic acid groups (broad SMARTS) is 1. The molecule has 0 fully saturated rings. The first-order chi connectivity index (χ1) is 9.00. The topological polar surface area (TPSA) is 92.4 Å². The molecule has 1 aromatic carbocycles. The number of carboxylic acids is 1. The minimum Gasteiger partial charge on any atom is -0.480 e. The molecule has 0 aliphatic heterocycles. The van der Waals surface area contributed by atoms with Crippen molar-refractivity contribution < 1.29 is 14.7 Å². The number of nitrogens with one attached hydrogen (secondary N) is 1. The van der Waals surface area contributed by atoms with Crippen molar-refractivity contribution in [1.82, 2.24) is 0 Å². The van der Waals surface area contributed by atoms with E-state index < -0.39 is 12.0 Å². The number of carbonyl (C=O) groups excluding carboxylic acids is 1. The van der Waals surface area contributed by atoms with Crippen LogP contribution < -0.4 is 11.1 Å². The summed E-state index contributed by atoms with van der Waals surface area (Å²) < 4.78 is 0.821. The van der Waals surface area contributed by atoms with Gasteiger partial charge in [0.1, 0.15) is 6.04 Å². The van der Waals surface area contributed by atoms with Crippen LogP contribution in [0.25, 0.3) is 0 Å². The molecule has 0 aliphatic carbocycles. The molecule has 0 spiro atoms. The fraction of sp³-hybridized carbons (Fsp3) is 0.333. The van der Waals surface area contributed by atoms with Crippen LogP contribution in [0.1, 0.15) is 6.42 Å². The largest absolute Gasteiger partial charge is 0.480 e. The van der Waals surface area contributed by atoms with Gasteiger partial charge in [-0.15, -0.1) is 0 Å². The van der Waals surface area contributed by atoms with Gasteiger partial charge in [-0.05, 0) is 40.2 Å². The van der Waals surface area contributed by atoms with Gasteiger partial charge in [-0.2, -0.15) is 11.8 Å². The SMILES string of the molecule is NC(CCSCC(=O)Nc1ccccc1Br)C(=O)O. The second kappa shape index (κ2) is 8.19. The van der Waals surface area contributed by atoms with Gasteiger partial charge in [0.2, 0.25) is 5.91 Å². The highest BCUT2D eigenvalue weighted by Gasteiger charge is 2.11. The van der Waals surface area contributed by atoms with Crippen LogP contribution in [-0.2, 0) is 9.59 Å². The highest BCUT2D eigenvalue weighted by atomic mass is 79.9. The number of hydrogen-bond donors (Lipinski definition) is 3. The third-order valence-corrected chi connectivity index (χ3v) is 3.95. The van der Waals surface area contributed by atoms with E-state index in [1.807, 2.05) is 18.2 Å². The van der Waals surface area contributed by atoms with E-state index in [9.17, 15) is 9.59 Å². The quantitative estimate of drug-likeness (QED) is 0.656. The summed E-state index contributed by atoms with van der Waals surface area (Å²) in [5.41, 5.74) is 6.08. The van der Waals surface area contributed by atoms with E-state index >= 15 is 0 Å². The lowest BCUT2D eigenvalue weighted by Crippen LogP contribution is -2.30. The van der Waals surface area contributed by atoms with Crippen LogP contribution in [0.2, 0.25) is 0 Å². The molecule has 5 nitrogen and oxygen atoms in total. The van der Waals surface area contributed by atoms with Crippen LogP contribution in [0.5, 0.6) is 0 Å². The Balaban J connectivity index is 2.26. The van der Waals surface area contributed by atoms with Crippen molar-refractivity contribution in [2.24, 2.45) is 5.73 Å². The summed E-state index contributed by atoms with van der Waals surface area (Å²) in [5.74, 6) is -0.330. The highest BCUT2D eigenvalue weighted by molar-refractivity contribution is 9.10. The molecule has 1 rings (SSSR count). The number of aliphatic carboxylic acids is 1. The number of nitrogens with two attached hydrogens (primary N) is 1. The van der Waals surface area contributed by atoms with Crippen LogP contribution >= 0.6 is 27.7 Å². The van der Waals surface area contributed by atoms with Gasteiger partial charge in [0.05, 0.1) is 11.4 Å². The fourth-order valence-corrected chi connectivity index (χ4v) is 2.45. The minimum absolute atomic E-state index is 0.124. The predicted octanol–water partition coefficient (Wildman–Crippen LogP) is 1.92. The third kappa shape index (κ3) is 6.09.